The predicted molar refractivity (Wildman–Crippen MR) is 89.7 cm³/mol. The molecule has 3 heteroatoms. The molecule has 1 N–H and O–H groups in total. The molecule has 1 aromatic heterocycles. The molecule has 0 unspecified atom stereocenters. The van der Waals surface area contributed by atoms with Gasteiger partial charge in [-0.05, 0) is 31.0 Å². The van der Waals surface area contributed by atoms with Crippen LogP contribution in [0.4, 0.5) is 5.82 Å². The first-order valence-electron chi connectivity index (χ1n) is 7.71. The number of pyridine rings is 1. The van der Waals surface area contributed by atoms with Crippen LogP contribution in [0, 0.1) is 0 Å². The highest BCUT2D eigenvalue weighted by molar-refractivity contribution is 5.46. The van der Waals surface area contributed by atoms with Crippen LogP contribution >= 0.6 is 0 Å². The molecule has 0 saturated carbocycles. The highest BCUT2D eigenvalue weighted by atomic mass is 15.2. The number of nitrogens with zero attached hydrogens (tertiary/aromatic N) is 2. The van der Waals surface area contributed by atoms with E-state index in [1.54, 1.807) is 0 Å². The van der Waals surface area contributed by atoms with Crippen LogP contribution in [0.1, 0.15) is 24.5 Å². The maximum atomic E-state index is 4.56. The van der Waals surface area contributed by atoms with Crippen molar-refractivity contribution in [1.82, 2.24) is 10.3 Å². The number of benzene rings is 1. The minimum Gasteiger partial charge on any atom is -0.359 e. The number of likely N-dealkylation sites (N-methyl/N-ethyl adjacent to an activating group) is 1. The van der Waals surface area contributed by atoms with Gasteiger partial charge in [0.25, 0.3) is 0 Å². The Morgan fingerprint density at radius 2 is 1.90 bits per heavy atom. The molecule has 0 spiro atoms. The minimum atomic E-state index is 0.882. The fourth-order valence-electron chi connectivity index (χ4n) is 2.36. The van der Waals surface area contributed by atoms with Crippen molar-refractivity contribution in [3.8, 4) is 0 Å². The third-order valence-corrected chi connectivity index (χ3v) is 3.55. The monoisotopic (exact) mass is 283 g/mol. The molecule has 1 aromatic carbocycles. The van der Waals surface area contributed by atoms with Crippen molar-refractivity contribution in [3.05, 3.63) is 59.8 Å². The Hall–Kier alpha value is -1.87. The molecule has 112 valence electrons. The SMILES string of the molecule is CCCNCc1cccnc1N(C)CCc1ccccc1. The zero-order chi connectivity index (χ0) is 14.9. The second-order valence-electron chi connectivity index (χ2n) is 5.32. The molecule has 1 heterocycles. The van der Waals surface area contributed by atoms with Crippen molar-refractivity contribution in [2.75, 3.05) is 25.0 Å². The molecule has 0 amide bonds. The van der Waals surface area contributed by atoms with Crippen LogP contribution in [0.2, 0.25) is 0 Å². The lowest BCUT2D eigenvalue weighted by atomic mass is 10.1. The van der Waals surface area contributed by atoms with Crippen molar-refractivity contribution in [3.63, 3.8) is 0 Å². The summed E-state index contributed by atoms with van der Waals surface area (Å²) in [5.74, 6) is 1.08. The van der Waals surface area contributed by atoms with Gasteiger partial charge in [0.05, 0.1) is 0 Å². The maximum Gasteiger partial charge on any atom is 0.132 e. The van der Waals surface area contributed by atoms with Crippen LogP contribution in [0.5, 0.6) is 0 Å². The third-order valence-electron chi connectivity index (χ3n) is 3.55. The minimum absolute atomic E-state index is 0.882. The molecule has 0 aliphatic rings. The third kappa shape index (κ3) is 4.87. The quantitative estimate of drug-likeness (QED) is 0.754. The number of nitrogens with one attached hydrogen (secondary N) is 1. The Balaban J connectivity index is 1.96. The number of rotatable bonds is 8. The first kappa shape index (κ1) is 15.5. The summed E-state index contributed by atoms with van der Waals surface area (Å²) < 4.78 is 0. The zero-order valence-corrected chi connectivity index (χ0v) is 13.0. The van der Waals surface area contributed by atoms with Crippen molar-refractivity contribution in [1.29, 1.82) is 0 Å². The van der Waals surface area contributed by atoms with Crippen LogP contribution in [0.25, 0.3) is 0 Å². The van der Waals surface area contributed by atoms with Gasteiger partial charge in [-0.1, -0.05) is 43.3 Å². The van der Waals surface area contributed by atoms with Gasteiger partial charge < -0.3 is 10.2 Å². The summed E-state index contributed by atoms with van der Waals surface area (Å²) >= 11 is 0. The molecule has 3 nitrogen and oxygen atoms in total. The van der Waals surface area contributed by atoms with E-state index < -0.39 is 0 Å². The van der Waals surface area contributed by atoms with Crippen molar-refractivity contribution in [2.24, 2.45) is 0 Å². The lowest BCUT2D eigenvalue weighted by molar-refractivity contribution is 0.671. The summed E-state index contributed by atoms with van der Waals surface area (Å²) in [6, 6.07) is 14.8. The molecular weight excluding hydrogens is 258 g/mol. The lowest BCUT2D eigenvalue weighted by Crippen LogP contribution is -2.24. The Labute approximate surface area is 128 Å². The molecule has 21 heavy (non-hydrogen) atoms. The topological polar surface area (TPSA) is 28.2 Å². The molecule has 0 saturated heterocycles. The fraction of sp³-hybridized carbons (Fsp3) is 0.389. The van der Waals surface area contributed by atoms with Crippen molar-refractivity contribution in [2.45, 2.75) is 26.3 Å². The van der Waals surface area contributed by atoms with Crippen molar-refractivity contribution < 1.29 is 0 Å². The van der Waals surface area contributed by atoms with Gasteiger partial charge in [0.1, 0.15) is 5.82 Å². The van der Waals surface area contributed by atoms with Gasteiger partial charge in [-0.25, -0.2) is 4.98 Å². The van der Waals surface area contributed by atoms with E-state index in [4.69, 9.17) is 0 Å². The van der Waals surface area contributed by atoms with Crippen LogP contribution < -0.4 is 10.2 Å². The van der Waals surface area contributed by atoms with E-state index in [2.05, 4.69) is 65.6 Å². The standard InChI is InChI=1S/C18H25N3/c1-3-12-19-15-17-10-7-13-20-18(17)21(2)14-11-16-8-5-4-6-9-16/h4-10,13,19H,3,11-12,14-15H2,1-2H3. The van der Waals surface area contributed by atoms with E-state index in [-0.39, 0.29) is 0 Å². The normalized spacial score (nSPS) is 10.6. The number of hydrogen-bond acceptors (Lipinski definition) is 3. The Bertz CT molecular complexity index is 525. The number of hydrogen-bond donors (Lipinski definition) is 1. The molecule has 2 aromatic rings. The largest absolute Gasteiger partial charge is 0.359 e. The highest BCUT2D eigenvalue weighted by Gasteiger charge is 2.08. The summed E-state index contributed by atoms with van der Waals surface area (Å²) in [5, 5.41) is 3.45. The molecule has 0 bridgehead atoms. The Morgan fingerprint density at radius 1 is 1.10 bits per heavy atom. The molecule has 0 fully saturated rings. The van der Waals surface area contributed by atoms with Crippen LogP contribution in [0.3, 0.4) is 0 Å². The highest BCUT2D eigenvalue weighted by Crippen LogP contribution is 2.16. The lowest BCUT2D eigenvalue weighted by Gasteiger charge is -2.21. The van der Waals surface area contributed by atoms with E-state index in [1.165, 1.54) is 11.1 Å². The van der Waals surface area contributed by atoms with Crippen LogP contribution in [-0.4, -0.2) is 25.1 Å². The fourth-order valence-corrected chi connectivity index (χ4v) is 2.36. The Morgan fingerprint density at radius 3 is 2.67 bits per heavy atom. The molecule has 2 rings (SSSR count). The maximum absolute atomic E-state index is 4.56. The molecule has 0 aliphatic carbocycles. The van der Waals surface area contributed by atoms with E-state index in [1.807, 2.05) is 12.3 Å². The summed E-state index contributed by atoms with van der Waals surface area (Å²) in [7, 11) is 2.12. The smallest absolute Gasteiger partial charge is 0.132 e. The van der Waals surface area contributed by atoms with Gasteiger partial charge in [0.15, 0.2) is 0 Å². The average Bonchev–Trinajstić information content (AvgIpc) is 2.54. The Kier molecular flexibility index (Phi) is 6.22. The number of anilines is 1. The molecule has 0 aliphatic heterocycles. The number of aromatic nitrogens is 1. The van der Waals surface area contributed by atoms with Gasteiger partial charge >= 0.3 is 0 Å². The summed E-state index contributed by atoms with van der Waals surface area (Å²) in [6.07, 6.45) is 4.06. The summed E-state index contributed by atoms with van der Waals surface area (Å²) in [6.45, 7) is 5.08. The van der Waals surface area contributed by atoms with Gasteiger partial charge in [-0.2, -0.15) is 0 Å². The van der Waals surface area contributed by atoms with E-state index in [0.29, 0.717) is 0 Å². The van der Waals surface area contributed by atoms with E-state index >= 15 is 0 Å². The van der Waals surface area contributed by atoms with E-state index in [0.717, 1.165) is 38.3 Å². The van der Waals surface area contributed by atoms with Gasteiger partial charge in [0.2, 0.25) is 0 Å². The zero-order valence-electron chi connectivity index (χ0n) is 13.0. The van der Waals surface area contributed by atoms with Crippen LogP contribution in [0.15, 0.2) is 48.7 Å². The van der Waals surface area contributed by atoms with Gasteiger partial charge in [-0.3, -0.25) is 0 Å². The van der Waals surface area contributed by atoms with Gasteiger partial charge in [0, 0.05) is 31.9 Å². The second kappa shape index (κ2) is 8.42. The summed E-state index contributed by atoms with van der Waals surface area (Å²) in [4.78, 5) is 6.80. The van der Waals surface area contributed by atoms with Gasteiger partial charge in [-0.15, -0.1) is 0 Å². The second-order valence-corrected chi connectivity index (χ2v) is 5.32. The summed E-state index contributed by atoms with van der Waals surface area (Å²) in [5.41, 5.74) is 2.63. The van der Waals surface area contributed by atoms with Crippen molar-refractivity contribution >= 4 is 5.82 Å². The predicted octanol–water partition coefficient (Wildman–Crippen LogP) is 3.26. The first-order chi connectivity index (χ1) is 10.3. The van der Waals surface area contributed by atoms with E-state index in [9.17, 15) is 0 Å². The average molecular weight is 283 g/mol. The molecule has 0 radical (unpaired) electrons. The molecule has 0 atom stereocenters. The van der Waals surface area contributed by atoms with Crippen LogP contribution in [-0.2, 0) is 13.0 Å². The first-order valence-corrected chi connectivity index (χ1v) is 7.71. The molecular formula is C18H25N3.